The van der Waals surface area contributed by atoms with Gasteiger partial charge in [0, 0.05) is 44.0 Å². The van der Waals surface area contributed by atoms with Crippen molar-refractivity contribution in [3.05, 3.63) is 47.9 Å². The molecular weight excluding hydrogens is 272 g/mol. The van der Waals surface area contributed by atoms with Crippen LogP contribution in [-0.4, -0.2) is 36.1 Å². The molecule has 0 amide bonds. The maximum absolute atomic E-state index is 4.77. The van der Waals surface area contributed by atoms with Gasteiger partial charge in [-0.1, -0.05) is 12.1 Å². The van der Waals surface area contributed by atoms with Crippen molar-refractivity contribution in [2.45, 2.75) is 25.7 Å². The number of benzene rings is 1. The maximum atomic E-state index is 4.77. The lowest BCUT2D eigenvalue weighted by Gasteiger charge is -2.36. The quantitative estimate of drug-likeness (QED) is 0.871. The average Bonchev–Trinajstić information content (AvgIpc) is 3.40. The van der Waals surface area contributed by atoms with Gasteiger partial charge < -0.3 is 9.80 Å². The topological polar surface area (TPSA) is 32.3 Å². The molecular formula is C18H22N4. The summed E-state index contributed by atoms with van der Waals surface area (Å²) < 4.78 is 0. The summed E-state index contributed by atoms with van der Waals surface area (Å²) in [4.78, 5) is 14.0. The highest BCUT2D eigenvalue weighted by atomic mass is 15.3. The Bertz CT molecular complexity index is 658. The smallest absolute Gasteiger partial charge is 0.133 e. The van der Waals surface area contributed by atoms with Crippen LogP contribution in [0.15, 0.2) is 36.5 Å². The first-order chi connectivity index (χ1) is 10.8. The molecule has 2 fully saturated rings. The van der Waals surface area contributed by atoms with Crippen LogP contribution in [0.5, 0.6) is 0 Å². The van der Waals surface area contributed by atoms with Gasteiger partial charge in [-0.3, -0.25) is 0 Å². The summed E-state index contributed by atoms with van der Waals surface area (Å²) in [6.07, 6.45) is 4.43. The fourth-order valence-electron chi connectivity index (χ4n) is 3.10. The summed E-state index contributed by atoms with van der Waals surface area (Å²) in [7, 11) is 0. The van der Waals surface area contributed by atoms with Crippen LogP contribution in [-0.2, 0) is 0 Å². The number of hydrogen-bond donors (Lipinski definition) is 0. The molecule has 1 aliphatic carbocycles. The highest BCUT2D eigenvalue weighted by Crippen LogP contribution is 2.38. The minimum atomic E-state index is 0.619. The van der Waals surface area contributed by atoms with Gasteiger partial charge in [0.25, 0.3) is 0 Å². The van der Waals surface area contributed by atoms with E-state index in [2.05, 4.69) is 46.0 Å². The Hall–Kier alpha value is -2.10. The molecule has 1 saturated heterocycles. The molecule has 4 nitrogen and oxygen atoms in total. The van der Waals surface area contributed by atoms with E-state index in [9.17, 15) is 0 Å². The molecule has 1 aromatic heterocycles. The van der Waals surface area contributed by atoms with Crippen molar-refractivity contribution in [2.75, 3.05) is 36.0 Å². The van der Waals surface area contributed by atoms with Crippen LogP contribution < -0.4 is 9.80 Å². The molecule has 2 aliphatic rings. The lowest BCUT2D eigenvalue weighted by molar-refractivity contribution is 0.644. The van der Waals surface area contributed by atoms with Gasteiger partial charge >= 0.3 is 0 Å². The normalized spacial score (nSPS) is 18.6. The van der Waals surface area contributed by atoms with E-state index in [1.807, 2.05) is 12.3 Å². The number of nitrogens with zero attached hydrogens (tertiary/aromatic N) is 4. The van der Waals surface area contributed by atoms with Crippen molar-refractivity contribution < 1.29 is 0 Å². The van der Waals surface area contributed by atoms with Crippen LogP contribution in [0.1, 0.15) is 30.1 Å². The lowest BCUT2D eigenvalue weighted by atomic mass is 10.2. The molecule has 4 rings (SSSR count). The summed E-state index contributed by atoms with van der Waals surface area (Å²) in [5.74, 6) is 2.76. The van der Waals surface area contributed by atoms with Gasteiger partial charge in [0.05, 0.1) is 0 Å². The van der Waals surface area contributed by atoms with E-state index in [0.717, 1.165) is 37.8 Å². The Balaban J connectivity index is 1.44. The molecule has 4 heteroatoms. The fourth-order valence-corrected chi connectivity index (χ4v) is 3.10. The van der Waals surface area contributed by atoms with Crippen LogP contribution in [0.2, 0.25) is 0 Å². The molecule has 0 bridgehead atoms. The number of aromatic nitrogens is 2. The van der Waals surface area contributed by atoms with E-state index in [1.165, 1.54) is 24.1 Å². The van der Waals surface area contributed by atoms with Crippen LogP contribution in [0.4, 0.5) is 11.5 Å². The third-order valence-corrected chi connectivity index (χ3v) is 4.57. The predicted octanol–water partition coefficient (Wildman–Crippen LogP) is 2.99. The van der Waals surface area contributed by atoms with Gasteiger partial charge in [-0.15, -0.1) is 0 Å². The van der Waals surface area contributed by atoms with Crippen molar-refractivity contribution in [1.82, 2.24) is 9.97 Å². The molecule has 0 atom stereocenters. The van der Waals surface area contributed by atoms with Crippen LogP contribution in [0.3, 0.4) is 0 Å². The van der Waals surface area contributed by atoms with Crippen LogP contribution in [0, 0.1) is 6.92 Å². The summed E-state index contributed by atoms with van der Waals surface area (Å²) >= 11 is 0. The minimum absolute atomic E-state index is 0.619. The fraction of sp³-hybridized carbons (Fsp3) is 0.444. The summed E-state index contributed by atoms with van der Waals surface area (Å²) in [6.45, 7) is 6.29. The highest BCUT2D eigenvalue weighted by molar-refractivity contribution is 5.50. The highest BCUT2D eigenvalue weighted by Gasteiger charge is 2.27. The van der Waals surface area contributed by atoms with Gasteiger partial charge in [0.15, 0.2) is 0 Å². The number of rotatable bonds is 3. The first-order valence-corrected chi connectivity index (χ1v) is 8.19. The molecule has 2 heterocycles. The molecule has 0 spiro atoms. The minimum Gasteiger partial charge on any atom is -0.368 e. The average molecular weight is 294 g/mol. The van der Waals surface area contributed by atoms with Crippen molar-refractivity contribution in [1.29, 1.82) is 0 Å². The zero-order valence-electron chi connectivity index (χ0n) is 13.1. The summed E-state index contributed by atoms with van der Waals surface area (Å²) in [5.41, 5.74) is 2.66. The van der Waals surface area contributed by atoms with E-state index >= 15 is 0 Å². The van der Waals surface area contributed by atoms with Gasteiger partial charge in [-0.2, -0.15) is 0 Å². The SMILES string of the molecule is Cc1cccc(N2CCN(c3ccnc(C4CC4)n3)CC2)c1. The molecule has 2 aromatic rings. The van der Waals surface area contributed by atoms with E-state index in [4.69, 9.17) is 4.98 Å². The molecule has 22 heavy (non-hydrogen) atoms. The number of hydrogen-bond acceptors (Lipinski definition) is 4. The van der Waals surface area contributed by atoms with E-state index in [0.29, 0.717) is 5.92 Å². The molecule has 1 aromatic carbocycles. The molecule has 0 unspecified atom stereocenters. The van der Waals surface area contributed by atoms with Gasteiger partial charge in [0.2, 0.25) is 0 Å². The lowest BCUT2D eigenvalue weighted by Crippen LogP contribution is -2.46. The van der Waals surface area contributed by atoms with Crippen LogP contribution >= 0.6 is 0 Å². The van der Waals surface area contributed by atoms with E-state index < -0.39 is 0 Å². The Kier molecular flexibility index (Phi) is 3.45. The first kappa shape index (κ1) is 13.6. The summed E-state index contributed by atoms with van der Waals surface area (Å²) in [5, 5.41) is 0. The van der Waals surface area contributed by atoms with E-state index in [-0.39, 0.29) is 0 Å². The van der Waals surface area contributed by atoms with Crippen molar-refractivity contribution in [3.63, 3.8) is 0 Å². The largest absolute Gasteiger partial charge is 0.368 e. The zero-order valence-corrected chi connectivity index (χ0v) is 13.1. The Morgan fingerprint density at radius 2 is 1.77 bits per heavy atom. The number of anilines is 2. The Morgan fingerprint density at radius 3 is 2.50 bits per heavy atom. The van der Waals surface area contributed by atoms with E-state index in [1.54, 1.807) is 0 Å². The second-order valence-corrected chi connectivity index (χ2v) is 6.36. The standard InChI is InChI=1S/C18H22N4/c1-14-3-2-4-16(13-14)21-9-11-22(12-10-21)17-7-8-19-18(20-17)15-5-6-15/h2-4,7-8,13,15H,5-6,9-12H2,1H3. The van der Waals surface area contributed by atoms with Gasteiger partial charge in [-0.25, -0.2) is 9.97 Å². The summed E-state index contributed by atoms with van der Waals surface area (Å²) in [6, 6.07) is 10.8. The first-order valence-electron chi connectivity index (χ1n) is 8.19. The van der Waals surface area contributed by atoms with Gasteiger partial charge in [0.1, 0.15) is 11.6 Å². The Labute approximate surface area is 131 Å². The molecule has 1 saturated carbocycles. The van der Waals surface area contributed by atoms with Crippen molar-refractivity contribution >= 4 is 11.5 Å². The number of piperazine rings is 1. The van der Waals surface area contributed by atoms with Gasteiger partial charge in [-0.05, 0) is 43.5 Å². The van der Waals surface area contributed by atoms with Crippen molar-refractivity contribution in [3.8, 4) is 0 Å². The number of aryl methyl sites for hydroxylation is 1. The second kappa shape index (κ2) is 5.59. The second-order valence-electron chi connectivity index (χ2n) is 6.36. The molecule has 114 valence electrons. The molecule has 1 aliphatic heterocycles. The predicted molar refractivity (Wildman–Crippen MR) is 89.6 cm³/mol. The molecule has 0 radical (unpaired) electrons. The zero-order chi connectivity index (χ0) is 14.9. The van der Waals surface area contributed by atoms with Crippen molar-refractivity contribution in [2.24, 2.45) is 0 Å². The third kappa shape index (κ3) is 2.78. The monoisotopic (exact) mass is 294 g/mol. The Morgan fingerprint density at radius 1 is 1.00 bits per heavy atom. The third-order valence-electron chi connectivity index (χ3n) is 4.57. The van der Waals surface area contributed by atoms with Crippen LogP contribution in [0.25, 0.3) is 0 Å². The molecule has 0 N–H and O–H groups in total. The maximum Gasteiger partial charge on any atom is 0.133 e.